The third-order valence-electron chi connectivity index (χ3n) is 3.46. The molecule has 0 atom stereocenters. The number of rotatable bonds is 4. The smallest absolute Gasteiger partial charge is 0.145 e. The van der Waals surface area contributed by atoms with Gasteiger partial charge in [-0.3, -0.25) is 0 Å². The molecule has 106 valence electrons. The molecule has 2 aromatic carbocycles. The van der Waals surface area contributed by atoms with E-state index in [1.54, 1.807) is 7.11 Å². The van der Waals surface area contributed by atoms with Crippen LogP contribution in [0.1, 0.15) is 6.92 Å². The van der Waals surface area contributed by atoms with Crippen LogP contribution in [0, 0.1) is 0 Å². The lowest BCUT2D eigenvalue weighted by Crippen LogP contribution is -2.00. The van der Waals surface area contributed by atoms with E-state index in [1.807, 2.05) is 30.3 Å². The van der Waals surface area contributed by atoms with Gasteiger partial charge in [-0.2, -0.15) is 0 Å². The summed E-state index contributed by atoms with van der Waals surface area (Å²) >= 11 is 0. The van der Waals surface area contributed by atoms with Crippen molar-refractivity contribution in [1.82, 2.24) is 4.98 Å². The molecule has 0 fully saturated rings. The van der Waals surface area contributed by atoms with E-state index >= 15 is 0 Å². The molecule has 1 aromatic heterocycles. The summed E-state index contributed by atoms with van der Waals surface area (Å²) in [6, 6.07) is 18.3. The summed E-state index contributed by atoms with van der Waals surface area (Å²) in [5.74, 6) is 0.796. The lowest BCUT2D eigenvalue weighted by atomic mass is 10.1. The van der Waals surface area contributed by atoms with Gasteiger partial charge in [0.1, 0.15) is 11.3 Å². The van der Waals surface area contributed by atoms with E-state index in [1.165, 1.54) is 0 Å². The largest absolute Gasteiger partial charge is 0.494 e. The standard InChI is InChI=1S/C18H18N2O/c1-3-19-16-12-15(13-8-5-4-6-9-13)20-18-14(16)10-7-11-17(18)21-2/h4-12H,3H2,1-2H3,(H,19,20). The van der Waals surface area contributed by atoms with E-state index in [-0.39, 0.29) is 0 Å². The van der Waals surface area contributed by atoms with Gasteiger partial charge in [0.15, 0.2) is 0 Å². The van der Waals surface area contributed by atoms with E-state index in [2.05, 4.69) is 36.5 Å². The fourth-order valence-electron chi connectivity index (χ4n) is 2.48. The van der Waals surface area contributed by atoms with Crippen LogP contribution in [0.15, 0.2) is 54.6 Å². The molecule has 0 unspecified atom stereocenters. The van der Waals surface area contributed by atoms with Crippen molar-refractivity contribution in [2.45, 2.75) is 6.92 Å². The Labute approximate surface area is 124 Å². The number of pyridine rings is 1. The average molecular weight is 278 g/mol. The Morgan fingerprint density at radius 3 is 2.57 bits per heavy atom. The van der Waals surface area contributed by atoms with Gasteiger partial charge < -0.3 is 10.1 Å². The number of benzene rings is 2. The topological polar surface area (TPSA) is 34.2 Å². The maximum Gasteiger partial charge on any atom is 0.145 e. The maximum absolute atomic E-state index is 5.46. The minimum Gasteiger partial charge on any atom is -0.494 e. The second-order valence-corrected chi connectivity index (χ2v) is 4.81. The number of nitrogens with one attached hydrogen (secondary N) is 1. The molecule has 1 heterocycles. The van der Waals surface area contributed by atoms with Crippen molar-refractivity contribution in [1.29, 1.82) is 0 Å². The molecule has 3 heteroatoms. The third kappa shape index (κ3) is 2.55. The molecule has 0 aliphatic heterocycles. The molecule has 0 bridgehead atoms. The number of hydrogen-bond acceptors (Lipinski definition) is 3. The first-order chi connectivity index (χ1) is 10.3. The summed E-state index contributed by atoms with van der Waals surface area (Å²) in [6.07, 6.45) is 0. The Morgan fingerprint density at radius 1 is 1.05 bits per heavy atom. The highest BCUT2D eigenvalue weighted by atomic mass is 16.5. The lowest BCUT2D eigenvalue weighted by Gasteiger charge is -2.13. The molecule has 3 rings (SSSR count). The highest BCUT2D eigenvalue weighted by Crippen LogP contribution is 2.32. The number of nitrogens with zero attached hydrogens (tertiary/aromatic N) is 1. The number of ether oxygens (including phenoxy) is 1. The Morgan fingerprint density at radius 2 is 1.86 bits per heavy atom. The molecule has 0 amide bonds. The Hall–Kier alpha value is -2.55. The van der Waals surface area contributed by atoms with Crippen LogP contribution in [0.4, 0.5) is 5.69 Å². The zero-order valence-electron chi connectivity index (χ0n) is 12.3. The number of hydrogen-bond donors (Lipinski definition) is 1. The maximum atomic E-state index is 5.46. The summed E-state index contributed by atoms with van der Waals surface area (Å²) < 4.78 is 5.46. The molecular weight excluding hydrogens is 260 g/mol. The SMILES string of the molecule is CCNc1cc(-c2ccccc2)nc2c(OC)cccc12. The van der Waals surface area contributed by atoms with Crippen molar-refractivity contribution in [2.75, 3.05) is 19.0 Å². The van der Waals surface area contributed by atoms with Gasteiger partial charge in [-0.1, -0.05) is 42.5 Å². The van der Waals surface area contributed by atoms with Crippen molar-refractivity contribution in [3.63, 3.8) is 0 Å². The van der Waals surface area contributed by atoms with E-state index in [4.69, 9.17) is 9.72 Å². The van der Waals surface area contributed by atoms with Gasteiger partial charge in [-0.15, -0.1) is 0 Å². The van der Waals surface area contributed by atoms with Crippen molar-refractivity contribution in [2.24, 2.45) is 0 Å². The van der Waals surface area contributed by atoms with Crippen LogP contribution in [-0.4, -0.2) is 18.6 Å². The quantitative estimate of drug-likeness (QED) is 0.770. The molecule has 0 radical (unpaired) electrons. The lowest BCUT2D eigenvalue weighted by molar-refractivity contribution is 0.419. The molecular formula is C18H18N2O. The summed E-state index contributed by atoms with van der Waals surface area (Å²) in [5.41, 5.74) is 4.02. The van der Waals surface area contributed by atoms with Gasteiger partial charge in [0, 0.05) is 23.2 Å². The molecule has 0 saturated heterocycles. The van der Waals surface area contributed by atoms with Crippen LogP contribution in [-0.2, 0) is 0 Å². The highest BCUT2D eigenvalue weighted by molar-refractivity contribution is 5.97. The minimum absolute atomic E-state index is 0.796. The van der Waals surface area contributed by atoms with Crippen molar-refractivity contribution in [3.8, 4) is 17.0 Å². The molecule has 21 heavy (non-hydrogen) atoms. The number of para-hydroxylation sites is 1. The zero-order chi connectivity index (χ0) is 14.7. The van der Waals surface area contributed by atoms with E-state index < -0.39 is 0 Å². The summed E-state index contributed by atoms with van der Waals surface area (Å²) in [4.78, 5) is 4.79. The van der Waals surface area contributed by atoms with Crippen LogP contribution in [0.3, 0.4) is 0 Å². The zero-order valence-corrected chi connectivity index (χ0v) is 12.3. The summed E-state index contributed by atoms with van der Waals surface area (Å²) in [5, 5.41) is 4.50. The van der Waals surface area contributed by atoms with Crippen LogP contribution in [0.2, 0.25) is 0 Å². The van der Waals surface area contributed by atoms with E-state index in [0.29, 0.717) is 0 Å². The Bertz CT molecular complexity index is 754. The molecule has 3 nitrogen and oxygen atoms in total. The van der Waals surface area contributed by atoms with Gasteiger partial charge in [-0.25, -0.2) is 4.98 Å². The molecule has 0 aliphatic carbocycles. The van der Waals surface area contributed by atoms with Crippen molar-refractivity contribution < 1.29 is 4.74 Å². The first kappa shape index (κ1) is 13.4. The fraction of sp³-hybridized carbons (Fsp3) is 0.167. The normalized spacial score (nSPS) is 10.6. The monoisotopic (exact) mass is 278 g/mol. The summed E-state index contributed by atoms with van der Waals surface area (Å²) in [6.45, 7) is 2.96. The number of aromatic nitrogens is 1. The minimum atomic E-state index is 0.796. The molecule has 0 spiro atoms. The third-order valence-corrected chi connectivity index (χ3v) is 3.46. The van der Waals surface area contributed by atoms with Gasteiger partial charge in [0.25, 0.3) is 0 Å². The van der Waals surface area contributed by atoms with Crippen LogP contribution < -0.4 is 10.1 Å². The van der Waals surface area contributed by atoms with E-state index in [0.717, 1.165) is 40.1 Å². The molecule has 0 aliphatic rings. The van der Waals surface area contributed by atoms with Crippen LogP contribution >= 0.6 is 0 Å². The average Bonchev–Trinajstić information content (AvgIpc) is 2.55. The molecule has 1 N–H and O–H groups in total. The van der Waals surface area contributed by atoms with Crippen molar-refractivity contribution in [3.05, 3.63) is 54.6 Å². The first-order valence-electron chi connectivity index (χ1n) is 7.10. The van der Waals surface area contributed by atoms with Gasteiger partial charge in [0.05, 0.1) is 12.8 Å². The Balaban J connectivity index is 2.27. The first-order valence-corrected chi connectivity index (χ1v) is 7.10. The number of methoxy groups -OCH3 is 1. The van der Waals surface area contributed by atoms with Crippen LogP contribution in [0.25, 0.3) is 22.2 Å². The summed E-state index contributed by atoms with van der Waals surface area (Å²) in [7, 11) is 1.68. The molecule has 3 aromatic rings. The Kier molecular flexibility index (Phi) is 3.73. The number of fused-ring (bicyclic) bond motifs is 1. The predicted octanol–water partition coefficient (Wildman–Crippen LogP) is 4.34. The molecule has 0 saturated carbocycles. The van der Waals surface area contributed by atoms with Crippen LogP contribution in [0.5, 0.6) is 5.75 Å². The second-order valence-electron chi connectivity index (χ2n) is 4.81. The van der Waals surface area contributed by atoms with Crippen molar-refractivity contribution >= 4 is 16.6 Å². The highest BCUT2D eigenvalue weighted by Gasteiger charge is 2.10. The van der Waals surface area contributed by atoms with Gasteiger partial charge in [0.2, 0.25) is 0 Å². The second kappa shape index (κ2) is 5.83. The fourth-order valence-corrected chi connectivity index (χ4v) is 2.48. The van der Waals surface area contributed by atoms with Gasteiger partial charge in [-0.05, 0) is 19.1 Å². The predicted molar refractivity (Wildman–Crippen MR) is 87.9 cm³/mol. The van der Waals surface area contributed by atoms with E-state index in [9.17, 15) is 0 Å². The van der Waals surface area contributed by atoms with Gasteiger partial charge >= 0.3 is 0 Å². The number of anilines is 1.